The average Bonchev–Trinajstić information content (AvgIpc) is 3.14. The highest BCUT2D eigenvalue weighted by atomic mass is 32.1. The van der Waals surface area contributed by atoms with Gasteiger partial charge in [-0.05, 0) is 55.4 Å². The third-order valence-corrected chi connectivity index (χ3v) is 6.20. The standard InChI is InChI=1S/C24H27N3O5S/c1-4-11-32-17-8-6-7-16(13-17)14-25-27-22(29)21(28)26-23-20(24(30)31-5-2)18-10-9-15(3)12-19(18)33-23/h4,6-8,13-15H,1,5,9-12H2,2-3H3,(H,26,28)(H,27,29)/b25-14+. The number of rotatable bonds is 8. The number of hydrogen-bond donors (Lipinski definition) is 2. The van der Waals surface area contributed by atoms with Gasteiger partial charge >= 0.3 is 17.8 Å². The number of anilines is 1. The van der Waals surface area contributed by atoms with Crippen molar-refractivity contribution in [3.8, 4) is 5.75 Å². The Hall–Kier alpha value is -3.46. The Bertz CT molecular complexity index is 1080. The summed E-state index contributed by atoms with van der Waals surface area (Å²) >= 11 is 1.32. The highest BCUT2D eigenvalue weighted by Gasteiger charge is 2.30. The summed E-state index contributed by atoms with van der Waals surface area (Å²) in [5.41, 5.74) is 4.15. The maximum Gasteiger partial charge on any atom is 0.341 e. The molecule has 174 valence electrons. The number of hydrogen-bond acceptors (Lipinski definition) is 7. The van der Waals surface area contributed by atoms with E-state index in [0.717, 1.165) is 29.7 Å². The van der Waals surface area contributed by atoms with E-state index >= 15 is 0 Å². The van der Waals surface area contributed by atoms with Crippen molar-refractivity contribution in [1.29, 1.82) is 0 Å². The van der Waals surface area contributed by atoms with Crippen molar-refractivity contribution in [1.82, 2.24) is 5.43 Å². The van der Waals surface area contributed by atoms with Crippen LogP contribution in [0.3, 0.4) is 0 Å². The molecule has 1 unspecified atom stereocenters. The fourth-order valence-electron chi connectivity index (χ4n) is 3.47. The van der Waals surface area contributed by atoms with Crippen molar-refractivity contribution in [2.75, 3.05) is 18.5 Å². The molecule has 1 heterocycles. The number of nitrogens with zero attached hydrogens (tertiary/aromatic N) is 1. The number of nitrogens with one attached hydrogen (secondary N) is 2. The van der Waals surface area contributed by atoms with Crippen molar-refractivity contribution < 1.29 is 23.9 Å². The lowest BCUT2D eigenvalue weighted by Gasteiger charge is -2.18. The van der Waals surface area contributed by atoms with E-state index in [1.165, 1.54) is 17.6 Å². The normalized spacial score (nSPS) is 14.9. The van der Waals surface area contributed by atoms with Gasteiger partial charge in [-0.1, -0.05) is 31.7 Å². The van der Waals surface area contributed by atoms with Crippen LogP contribution in [0.1, 0.15) is 46.6 Å². The van der Waals surface area contributed by atoms with Crippen LogP contribution < -0.4 is 15.5 Å². The van der Waals surface area contributed by atoms with Gasteiger partial charge in [0.2, 0.25) is 0 Å². The van der Waals surface area contributed by atoms with Crippen molar-refractivity contribution in [2.24, 2.45) is 11.0 Å². The first-order chi connectivity index (χ1) is 15.9. The molecule has 0 aliphatic heterocycles. The molecular weight excluding hydrogens is 442 g/mol. The van der Waals surface area contributed by atoms with Crippen LogP contribution in [0.15, 0.2) is 42.0 Å². The number of carbonyl (C=O) groups is 3. The molecule has 0 bridgehead atoms. The highest BCUT2D eigenvalue weighted by molar-refractivity contribution is 7.17. The number of fused-ring (bicyclic) bond motifs is 1. The first-order valence-corrected chi connectivity index (χ1v) is 11.5. The molecule has 0 saturated carbocycles. The lowest BCUT2D eigenvalue weighted by molar-refractivity contribution is -0.136. The molecule has 3 rings (SSSR count). The molecule has 1 aromatic heterocycles. The first kappa shape index (κ1) is 24.2. The largest absolute Gasteiger partial charge is 0.490 e. The van der Waals surface area contributed by atoms with Crippen LogP contribution in [0, 0.1) is 5.92 Å². The van der Waals surface area contributed by atoms with Gasteiger partial charge in [0.15, 0.2) is 0 Å². The molecule has 8 nitrogen and oxygen atoms in total. The molecule has 0 saturated heterocycles. The SMILES string of the molecule is C=CCOc1cccc(/C=N/NC(=O)C(=O)Nc2sc3c(c2C(=O)OCC)CCC(C)C3)c1. The number of hydrazone groups is 1. The molecule has 2 amide bonds. The molecule has 33 heavy (non-hydrogen) atoms. The minimum Gasteiger partial charge on any atom is -0.490 e. The third kappa shape index (κ3) is 6.29. The fraction of sp³-hybridized carbons (Fsp3) is 0.333. The number of esters is 1. The lowest BCUT2D eigenvalue weighted by Crippen LogP contribution is -2.32. The van der Waals surface area contributed by atoms with E-state index in [9.17, 15) is 14.4 Å². The van der Waals surface area contributed by atoms with Crippen LogP contribution in [0.4, 0.5) is 5.00 Å². The van der Waals surface area contributed by atoms with Gasteiger partial charge in [-0.25, -0.2) is 10.2 Å². The van der Waals surface area contributed by atoms with E-state index in [0.29, 0.717) is 34.4 Å². The van der Waals surface area contributed by atoms with Gasteiger partial charge in [0.1, 0.15) is 17.4 Å². The van der Waals surface area contributed by atoms with Crippen LogP contribution in [0.5, 0.6) is 5.75 Å². The Kier molecular flexibility index (Phi) is 8.37. The second-order valence-corrected chi connectivity index (χ2v) is 8.71. The Morgan fingerprint density at radius 1 is 1.30 bits per heavy atom. The van der Waals surface area contributed by atoms with Gasteiger partial charge < -0.3 is 14.8 Å². The monoisotopic (exact) mass is 469 g/mol. The van der Waals surface area contributed by atoms with Crippen LogP contribution in [-0.2, 0) is 27.2 Å². The summed E-state index contributed by atoms with van der Waals surface area (Å²) in [5, 5.41) is 6.74. The Balaban J connectivity index is 1.67. The molecule has 1 aliphatic rings. The first-order valence-electron chi connectivity index (χ1n) is 10.7. The van der Waals surface area contributed by atoms with E-state index in [1.54, 1.807) is 37.3 Å². The number of ether oxygens (including phenoxy) is 2. The van der Waals surface area contributed by atoms with Crippen LogP contribution in [0.25, 0.3) is 0 Å². The smallest absolute Gasteiger partial charge is 0.341 e. The highest BCUT2D eigenvalue weighted by Crippen LogP contribution is 2.40. The van der Waals surface area contributed by atoms with Gasteiger partial charge in [0, 0.05) is 4.88 Å². The molecule has 0 fully saturated rings. The maximum atomic E-state index is 12.5. The van der Waals surface area contributed by atoms with Crippen molar-refractivity contribution in [3.05, 3.63) is 58.5 Å². The zero-order chi connectivity index (χ0) is 23.8. The lowest BCUT2D eigenvalue weighted by atomic mass is 9.88. The van der Waals surface area contributed by atoms with Gasteiger partial charge in [-0.15, -0.1) is 11.3 Å². The summed E-state index contributed by atoms with van der Waals surface area (Å²) in [6.45, 7) is 8.07. The third-order valence-electron chi connectivity index (χ3n) is 5.03. The van der Waals surface area contributed by atoms with E-state index < -0.39 is 17.8 Å². The molecule has 1 atom stereocenters. The van der Waals surface area contributed by atoms with E-state index in [2.05, 4.69) is 29.3 Å². The molecule has 0 radical (unpaired) electrons. The van der Waals surface area contributed by atoms with Crippen LogP contribution >= 0.6 is 11.3 Å². The number of benzene rings is 1. The number of carbonyl (C=O) groups excluding carboxylic acids is 3. The number of thiophene rings is 1. The summed E-state index contributed by atoms with van der Waals surface area (Å²) in [6, 6.07) is 7.08. The predicted octanol–water partition coefficient (Wildman–Crippen LogP) is 3.70. The zero-order valence-electron chi connectivity index (χ0n) is 18.7. The summed E-state index contributed by atoms with van der Waals surface area (Å²) in [7, 11) is 0. The molecule has 9 heteroatoms. The topological polar surface area (TPSA) is 106 Å². The predicted molar refractivity (Wildman–Crippen MR) is 128 cm³/mol. The zero-order valence-corrected chi connectivity index (χ0v) is 19.5. The van der Waals surface area contributed by atoms with Gasteiger partial charge in [0.25, 0.3) is 0 Å². The molecular formula is C24H27N3O5S. The fourth-order valence-corrected chi connectivity index (χ4v) is 4.87. The Morgan fingerprint density at radius 3 is 2.88 bits per heavy atom. The van der Waals surface area contributed by atoms with Crippen molar-refractivity contribution in [2.45, 2.75) is 33.1 Å². The summed E-state index contributed by atoms with van der Waals surface area (Å²) < 4.78 is 10.6. The van der Waals surface area contributed by atoms with Gasteiger partial charge in [-0.3, -0.25) is 9.59 Å². The van der Waals surface area contributed by atoms with E-state index in [4.69, 9.17) is 9.47 Å². The molecule has 1 aliphatic carbocycles. The van der Waals surface area contributed by atoms with Crippen LogP contribution in [-0.4, -0.2) is 37.2 Å². The van der Waals surface area contributed by atoms with Crippen LogP contribution in [0.2, 0.25) is 0 Å². The second-order valence-electron chi connectivity index (χ2n) is 7.60. The minimum absolute atomic E-state index is 0.224. The molecule has 2 aromatic rings. The van der Waals surface area contributed by atoms with Crippen molar-refractivity contribution >= 4 is 40.3 Å². The molecule has 0 spiro atoms. The second kappa shape index (κ2) is 11.4. The molecule has 1 aromatic carbocycles. The summed E-state index contributed by atoms with van der Waals surface area (Å²) in [4.78, 5) is 38.3. The van der Waals surface area contributed by atoms with E-state index in [1.807, 2.05) is 0 Å². The molecule has 2 N–H and O–H groups in total. The van der Waals surface area contributed by atoms with Gasteiger partial charge in [0.05, 0.1) is 18.4 Å². The maximum absolute atomic E-state index is 12.5. The Morgan fingerprint density at radius 2 is 2.12 bits per heavy atom. The minimum atomic E-state index is -0.945. The van der Waals surface area contributed by atoms with Crippen molar-refractivity contribution in [3.63, 3.8) is 0 Å². The Labute approximate surface area is 196 Å². The van der Waals surface area contributed by atoms with Gasteiger partial charge in [-0.2, -0.15) is 5.10 Å². The number of amides is 2. The summed E-state index contributed by atoms with van der Waals surface area (Å²) in [5.74, 6) is -1.22. The van der Waals surface area contributed by atoms with E-state index in [-0.39, 0.29) is 6.61 Å². The quantitative estimate of drug-likeness (QED) is 0.202. The summed E-state index contributed by atoms with van der Waals surface area (Å²) in [6.07, 6.45) is 5.56. The average molecular weight is 470 g/mol.